The number of carbonyl (C=O) groups is 1. The summed E-state index contributed by atoms with van der Waals surface area (Å²) in [6.07, 6.45) is -0.719. The largest absolute Gasteiger partial charge is 0.481 e. The van der Waals surface area contributed by atoms with Gasteiger partial charge in [-0.1, -0.05) is 42.5 Å². The summed E-state index contributed by atoms with van der Waals surface area (Å²) >= 11 is 5.21. The highest BCUT2D eigenvalue weighted by molar-refractivity contribution is 7.80. The van der Waals surface area contributed by atoms with Crippen LogP contribution in [0.5, 0.6) is 17.2 Å². The molecule has 7 nitrogen and oxygen atoms in total. The summed E-state index contributed by atoms with van der Waals surface area (Å²) in [6, 6.07) is 23.0. The summed E-state index contributed by atoms with van der Waals surface area (Å²) in [6.45, 7) is 1.86. The SMILES string of the molecule is CC(Oc1ccc(-c2ccccc2)cc1)C(=O)NNC(=S)Nc1ccc2c(c1)OCO2. The van der Waals surface area contributed by atoms with Crippen molar-refractivity contribution in [3.05, 3.63) is 72.8 Å². The van der Waals surface area contributed by atoms with Crippen molar-refractivity contribution >= 4 is 28.9 Å². The zero-order valence-electron chi connectivity index (χ0n) is 16.8. The van der Waals surface area contributed by atoms with Gasteiger partial charge in [0.05, 0.1) is 0 Å². The molecule has 31 heavy (non-hydrogen) atoms. The highest BCUT2D eigenvalue weighted by atomic mass is 32.1. The maximum Gasteiger partial charge on any atom is 0.279 e. The van der Waals surface area contributed by atoms with Gasteiger partial charge in [0.2, 0.25) is 6.79 Å². The molecule has 1 heterocycles. The summed E-state index contributed by atoms with van der Waals surface area (Å²) in [7, 11) is 0. The normalized spacial score (nSPS) is 12.5. The van der Waals surface area contributed by atoms with E-state index in [1.54, 1.807) is 25.1 Å². The topological polar surface area (TPSA) is 80.9 Å². The molecule has 0 fully saturated rings. The first-order valence-corrected chi connectivity index (χ1v) is 10.1. The van der Waals surface area contributed by atoms with Crippen LogP contribution < -0.4 is 30.4 Å². The first kappa shape index (κ1) is 20.5. The molecule has 3 aromatic carbocycles. The molecule has 0 radical (unpaired) electrons. The molecule has 0 bridgehead atoms. The average molecular weight is 436 g/mol. The Morgan fingerprint density at radius 1 is 0.935 bits per heavy atom. The molecule has 3 N–H and O–H groups in total. The van der Waals surface area contributed by atoms with Gasteiger partial charge in [0.1, 0.15) is 5.75 Å². The van der Waals surface area contributed by atoms with Gasteiger partial charge in [0.15, 0.2) is 22.7 Å². The molecule has 0 aliphatic carbocycles. The van der Waals surface area contributed by atoms with Gasteiger partial charge in [-0.25, -0.2) is 0 Å². The minimum absolute atomic E-state index is 0.199. The summed E-state index contributed by atoms with van der Waals surface area (Å²) in [5.41, 5.74) is 8.10. The third-order valence-corrected chi connectivity index (χ3v) is 4.78. The van der Waals surface area contributed by atoms with Crippen LogP contribution in [0, 0.1) is 0 Å². The number of hydrogen-bond donors (Lipinski definition) is 3. The summed E-state index contributed by atoms with van der Waals surface area (Å²) in [5.74, 6) is 1.56. The van der Waals surface area contributed by atoms with Crippen LogP contribution in [0.3, 0.4) is 0 Å². The predicted molar refractivity (Wildman–Crippen MR) is 122 cm³/mol. The van der Waals surface area contributed by atoms with E-state index in [9.17, 15) is 4.79 Å². The van der Waals surface area contributed by atoms with Crippen LogP contribution >= 0.6 is 12.2 Å². The standard InChI is InChI=1S/C23H21N3O4S/c1-15(30-19-10-7-17(8-11-19)16-5-3-2-4-6-16)22(27)25-26-23(31)24-18-9-12-20-21(13-18)29-14-28-20/h2-13,15H,14H2,1H3,(H,25,27)(H2,24,26,31). The van der Waals surface area contributed by atoms with E-state index in [2.05, 4.69) is 16.2 Å². The Bertz CT molecular complexity index is 1070. The molecular formula is C23H21N3O4S. The zero-order chi connectivity index (χ0) is 21.6. The van der Waals surface area contributed by atoms with Crippen LogP contribution in [0.2, 0.25) is 0 Å². The molecule has 158 valence electrons. The molecular weight excluding hydrogens is 414 g/mol. The van der Waals surface area contributed by atoms with Crippen molar-refractivity contribution in [3.8, 4) is 28.4 Å². The number of nitrogens with one attached hydrogen (secondary N) is 3. The first-order valence-electron chi connectivity index (χ1n) is 9.67. The van der Waals surface area contributed by atoms with Gasteiger partial charge in [0.25, 0.3) is 5.91 Å². The number of hydrazine groups is 1. The van der Waals surface area contributed by atoms with E-state index in [1.165, 1.54) is 0 Å². The molecule has 0 aromatic heterocycles. The van der Waals surface area contributed by atoms with E-state index in [0.29, 0.717) is 22.9 Å². The van der Waals surface area contributed by atoms with Crippen molar-refractivity contribution in [3.63, 3.8) is 0 Å². The Balaban J connectivity index is 1.25. The molecule has 8 heteroatoms. The minimum atomic E-state index is -0.719. The van der Waals surface area contributed by atoms with E-state index in [4.69, 9.17) is 26.4 Å². The van der Waals surface area contributed by atoms with Crippen molar-refractivity contribution in [1.29, 1.82) is 0 Å². The number of hydrogen-bond acceptors (Lipinski definition) is 5. The second-order valence-corrected chi connectivity index (χ2v) is 7.20. The van der Waals surface area contributed by atoms with Gasteiger partial charge in [0, 0.05) is 11.8 Å². The molecule has 1 atom stereocenters. The Hall–Kier alpha value is -3.78. The fourth-order valence-corrected chi connectivity index (χ4v) is 3.14. The van der Waals surface area contributed by atoms with Crippen LogP contribution in [0.4, 0.5) is 5.69 Å². The first-order chi connectivity index (χ1) is 15.1. The van der Waals surface area contributed by atoms with Gasteiger partial charge in [-0.2, -0.15) is 0 Å². The lowest BCUT2D eigenvalue weighted by Gasteiger charge is -2.17. The summed E-state index contributed by atoms with van der Waals surface area (Å²) < 4.78 is 16.3. The van der Waals surface area contributed by atoms with E-state index >= 15 is 0 Å². The smallest absolute Gasteiger partial charge is 0.279 e. The number of thiocarbonyl (C=S) groups is 1. The Morgan fingerprint density at radius 2 is 1.65 bits per heavy atom. The lowest BCUT2D eigenvalue weighted by molar-refractivity contribution is -0.127. The van der Waals surface area contributed by atoms with Crippen molar-refractivity contribution in [2.75, 3.05) is 12.1 Å². The third kappa shape index (κ3) is 5.23. The lowest BCUT2D eigenvalue weighted by Crippen LogP contribution is -2.48. The van der Waals surface area contributed by atoms with Crippen LogP contribution in [-0.4, -0.2) is 23.9 Å². The minimum Gasteiger partial charge on any atom is -0.481 e. The van der Waals surface area contributed by atoms with Crippen molar-refractivity contribution < 1.29 is 19.0 Å². The summed E-state index contributed by atoms with van der Waals surface area (Å²) in [4.78, 5) is 12.3. The maximum atomic E-state index is 12.3. The van der Waals surface area contributed by atoms with Crippen molar-refractivity contribution in [1.82, 2.24) is 10.9 Å². The van der Waals surface area contributed by atoms with Crippen molar-refractivity contribution in [2.24, 2.45) is 0 Å². The molecule has 0 saturated carbocycles. The summed E-state index contributed by atoms with van der Waals surface area (Å²) in [5, 5.41) is 3.19. The number of anilines is 1. The van der Waals surface area contributed by atoms with Gasteiger partial charge in [-0.3, -0.25) is 15.6 Å². The molecule has 1 aliphatic heterocycles. The number of carbonyl (C=O) groups excluding carboxylic acids is 1. The molecule has 0 saturated heterocycles. The number of benzene rings is 3. The highest BCUT2D eigenvalue weighted by Gasteiger charge is 2.16. The lowest BCUT2D eigenvalue weighted by atomic mass is 10.1. The molecule has 3 aromatic rings. The van der Waals surface area contributed by atoms with E-state index in [-0.39, 0.29) is 17.8 Å². The number of ether oxygens (including phenoxy) is 3. The van der Waals surface area contributed by atoms with Crippen LogP contribution in [0.15, 0.2) is 72.8 Å². The van der Waals surface area contributed by atoms with E-state index in [0.717, 1.165) is 11.1 Å². The average Bonchev–Trinajstić information content (AvgIpc) is 3.26. The second-order valence-electron chi connectivity index (χ2n) is 6.79. The van der Waals surface area contributed by atoms with Crippen LogP contribution in [0.1, 0.15) is 6.92 Å². The third-order valence-electron chi connectivity index (χ3n) is 4.57. The Labute approximate surface area is 185 Å². The number of rotatable bonds is 5. The molecule has 1 aliphatic rings. The van der Waals surface area contributed by atoms with E-state index < -0.39 is 6.10 Å². The zero-order valence-corrected chi connectivity index (χ0v) is 17.6. The Kier molecular flexibility index (Phi) is 6.18. The molecule has 1 amide bonds. The van der Waals surface area contributed by atoms with Gasteiger partial charge < -0.3 is 19.5 Å². The van der Waals surface area contributed by atoms with Gasteiger partial charge in [-0.05, 0) is 54.5 Å². The quantitative estimate of drug-likeness (QED) is 0.415. The monoisotopic (exact) mass is 435 g/mol. The van der Waals surface area contributed by atoms with Crippen LogP contribution in [0.25, 0.3) is 11.1 Å². The number of fused-ring (bicyclic) bond motifs is 1. The molecule has 4 rings (SSSR count). The maximum absolute atomic E-state index is 12.3. The van der Waals surface area contributed by atoms with Crippen molar-refractivity contribution in [2.45, 2.75) is 13.0 Å². The van der Waals surface area contributed by atoms with E-state index in [1.807, 2.05) is 54.6 Å². The van der Waals surface area contributed by atoms with Gasteiger partial charge in [-0.15, -0.1) is 0 Å². The molecule has 0 spiro atoms. The second kappa shape index (κ2) is 9.36. The van der Waals surface area contributed by atoms with Gasteiger partial charge >= 0.3 is 0 Å². The Morgan fingerprint density at radius 3 is 2.42 bits per heavy atom. The highest BCUT2D eigenvalue weighted by Crippen LogP contribution is 2.34. The molecule has 1 unspecified atom stereocenters. The fourth-order valence-electron chi connectivity index (χ4n) is 2.97. The number of amides is 1. The predicted octanol–water partition coefficient (Wildman–Crippen LogP) is 3.87. The van der Waals surface area contributed by atoms with Crippen LogP contribution in [-0.2, 0) is 4.79 Å². The fraction of sp³-hybridized carbons (Fsp3) is 0.130.